The molecule has 1 aliphatic carbocycles. The van der Waals surface area contributed by atoms with E-state index >= 15 is 0 Å². The molecule has 1 aromatic rings. The van der Waals surface area contributed by atoms with Crippen molar-refractivity contribution in [2.45, 2.75) is 39.0 Å². The molecule has 0 atom stereocenters. The zero-order valence-electron chi connectivity index (χ0n) is 11.9. The highest BCUT2D eigenvalue weighted by Crippen LogP contribution is 2.43. The van der Waals surface area contributed by atoms with Crippen molar-refractivity contribution >= 4 is 5.78 Å². The summed E-state index contributed by atoms with van der Waals surface area (Å²) in [6.07, 6.45) is 4.46. The summed E-state index contributed by atoms with van der Waals surface area (Å²) < 4.78 is 5.32. The van der Waals surface area contributed by atoms with Gasteiger partial charge in [-0.15, -0.1) is 0 Å². The molecule has 2 N–H and O–H groups in total. The second-order valence-corrected chi connectivity index (χ2v) is 5.77. The largest absolute Gasteiger partial charge is 0.496 e. The molecule has 0 amide bonds. The van der Waals surface area contributed by atoms with Crippen molar-refractivity contribution in [3.05, 3.63) is 29.3 Å². The minimum absolute atomic E-state index is 0.0914. The zero-order valence-corrected chi connectivity index (χ0v) is 11.9. The zero-order chi connectivity index (χ0) is 13.9. The highest BCUT2D eigenvalue weighted by atomic mass is 16.5. The fraction of sp³-hybridized carbons (Fsp3) is 0.562. The van der Waals surface area contributed by atoms with E-state index in [1.54, 1.807) is 7.11 Å². The van der Waals surface area contributed by atoms with Crippen LogP contribution in [-0.4, -0.2) is 19.4 Å². The summed E-state index contributed by atoms with van der Waals surface area (Å²) in [6, 6.07) is 5.97. The summed E-state index contributed by atoms with van der Waals surface area (Å²) in [5, 5.41) is 0. The van der Waals surface area contributed by atoms with Crippen molar-refractivity contribution < 1.29 is 9.53 Å². The van der Waals surface area contributed by atoms with Crippen LogP contribution in [0.2, 0.25) is 0 Å². The van der Waals surface area contributed by atoms with Gasteiger partial charge in [-0.05, 0) is 37.8 Å². The third-order valence-corrected chi connectivity index (χ3v) is 4.24. The Hall–Kier alpha value is -1.35. The van der Waals surface area contributed by atoms with Crippen molar-refractivity contribution in [2.75, 3.05) is 13.7 Å². The number of nitrogens with two attached hydrogens (primary N) is 1. The van der Waals surface area contributed by atoms with Gasteiger partial charge in [0.2, 0.25) is 0 Å². The molecule has 0 saturated heterocycles. The van der Waals surface area contributed by atoms with E-state index in [2.05, 4.69) is 0 Å². The molecule has 1 saturated carbocycles. The number of ether oxygens (including phenoxy) is 1. The number of benzene rings is 1. The van der Waals surface area contributed by atoms with E-state index in [4.69, 9.17) is 10.5 Å². The average molecular weight is 261 g/mol. The van der Waals surface area contributed by atoms with Crippen LogP contribution in [0, 0.1) is 12.3 Å². The molecule has 0 unspecified atom stereocenters. The lowest BCUT2D eigenvalue weighted by molar-refractivity contribution is -0.122. The van der Waals surface area contributed by atoms with Gasteiger partial charge in [0.15, 0.2) is 0 Å². The minimum atomic E-state index is 0.0914. The normalized spacial score (nSPS) is 16.8. The maximum Gasteiger partial charge on any atom is 0.138 e. The molecule has 3 heteroatoms. The van der Waals surface area contributed by atoms with Crippen LogP contribution in [0.25, 0.3) is 0 Å². The van der Waals surface area contributed by atoms with Gasteiger partial charge in [0.1, 0.15) is 11.5 Å². The van der Waals surface area contributed by atoms with E-state index in [9.17, 15) is 4.79 Å². The number of aryl methyl sites for hydroxylation is 1. The number of rotatable bonds is 6. The topological polar surface area (TPSA) is 52.3 Å². The molecule has 1 fully saturated rings. The number of carbonyl (C=O) groups excluding carboxylic acids is 1. The second kappa shape index (κ2) is 5.74. The molecule has 0 bridgehead atoms. The van der Waals surface area contributed by atoms with Gasteiger partial charge in [-0.3, -0.25) is 4.79 Å². The molecule has 0 heterocycles. The predicted octanol–water partition coefficient (Wildman–Crippen LogP) is 2.63. The number of methoxy groups -OCH3 is 1. The predicted molar refractivity (Wildman–Crippen MR) is 76.4 cm³/mol. The monoisotopic (exact) mass is 261 g/mol. The Morgan fingerprint density at radius 1 is 1.42 bits per heavy atom. The average Bonchev–Trinajstić information content (AvgIpc) is 2.34. The first-order valence-electron chi connectivity index (χ1n) is 6.94. The van der Waals surface area contributed by atoms with Crippen molar-refractivity contribution in [3.8, 4) is 5.75 Å². The van der Waals surface area contributed by atoms with E-state index in [0.29, 0.717) is 19.4 Å². The maximum atomic E-state index is 12.2. The molecule has 104 valence electrons. The summed E-state index contributed by atoms with van der Waals surface area (Å²) in [6.45, 7) is 2.66. The van der Waals surface area contributed by atoms with E-state index in [1.165, 1.54) is 6.42 Å². The van der Waals surface area contributed by atoms with E-state index in [-0.39, 0.29) is 11.2 Å². The molecule has 3 nitrogen and oxygen atoms in total. The van der Waals surface area contributed by atoms with E-state index < -0.39 is 0 Å². The second-order valence-electron chi connectivity index (χ2n) is 5.77. The molecule has 0 spiro atoms. The summed E-state index contributed by atoms with van der Waals surface area (Å²) >= 11 is 0. The first-order valence-corrected chi connectivity index (χ1v) is 6.94. The Bertz CT molecular complexity index is 458. The molecule has 0 radical (unpaired) electrons. The van der Waals surface area contributed by atoms with Crippen LogP contribution >= 0.6 is 0 Å². The fourth-order valence-corrected chi connectivity index (χ4v) is 2.87. The van der Waals surface area contributed by atoms with Gasteiger partial charge >= 0.3 is 0 Å². The summed E-state index contributed by atoms with van der Waals surface area (Å²) in [7, 11) is 1.64. The molecule has 0 aliphatic heterocycles. The number of ketones is 1. The lowest BCUT2D eigenvalue weighted by atomic mass is 9.65. The van der Waals surface area contributed by atoms with E-state index in [0.717, 1.165) is 29.7 Å². The number of hydrogen-bond acceptors (Lipinski definition) is 3. The van der Waals surface area contributed by atoms with Crippen molar-refractivity contribution in [2.24, 2.45) is 11.1 Å². The Morgan fingerprint density at radius 3 is 2.68 bits per heavy atom. The van der Waals surface area contributed by atoms with Gasteiger partial charge in [-0.2, -0.15) is 0 Å². The molecule has 1 aromatic carbocycles. The van der Waals surface area contributed by atoms with Gasteiger partial charge < -0.3 is 10.5 Å². The Labute approximate surface area is 115 Å². The van der Waals surface area contributed by atoms with E-state index in [1.807, 2.05) is 25.1 Å². The maximum absolute atomic E-state index is 12.2. The summed E-state index contributed by atoms with van der Waals surface area (Å²) in [5.74, 6) is 1.07. The molecule has 19 heavy (non-hydrogen) atoms. The highest BCUT2D eigenvalue weighted by Gasteiger charge is 2.37. The molecule has 1 aliphatic rings. The van der Waals surface area contributed by atoms with Gasteiger partial charge in [-0.25, -0.2) is 0 Å². The van der Waals surface area contributed by atoms with Crippen LogP contribution in [0.3, 0.4) is 0 Å². The van der Waals surface area contributed by atoms with Gasteiger partial charge in [0.05, 0.1) is 7.11 Å². The van der Waals surface area contributed by atoms with Crippen LogP contribution in [0.15, 0.2) is 18.2 Å². The van der Waals surface area contributed by atoms with Crippen LogP contribution in [-0.2, 0) is 11.2 Å². The first-order chi connectivity index (χ1) is 9.08. The van der Waals surface area contributed by atoms with Crippen molar-refractivity contribution in [3.63, 3.8) is 0 Å². The summed E-state index contributed by atoms with van der Waals surface area (Å²) in [4.78, 5) is 12.2. The molecular weight excluding hydrogens is 238 g/mol. The third-order valence-electron chi connectivity index (χ3n) is 4.24. The number of hydrogen-bond donors (Lipinski definition) is 1. The molecular formula is C16H23NO2. The molecule has 2 rings (SSSR count). The Morgan fingerprint density at radius 2 is 2.16 bits per heavy atom. The Kier molecular flexibility index (Phi) is 4.25. The van der Waals surface area contributed by atoms with Crippen LogP contribution < -0.4 is 10.5 Å². The van der Waals surface area contributed by atoms with Crippen molar-refractivity contribution in [1.82, 2.24) is 0 Å². The number of Topliss-reactive ketones (excluding diaryl/α,β-unsaturated/α-hetero) is 1. The quantitative estimate of drug-likeness (QED) is 0.856. The lowest BCUT2D eigenvalue weighted by Crippen LogP contribution is -2.39. The van der Waals surface area contributed by atoms with Crippen LogP contribution in [0.5, 0.6) is 5.75 Å². The van der Waals surface area contributed by atoms with Crippen molar-refractivity contribution in [1.29, 1.82) is 0 Å². The number of carbonyl (C=O) groups is 1. The fourth-order valence-electron chi connectivity index (χ4n) is 2.87. The first kappa shape index (κ1) is 14.1. The van der Waals surface area contributed by atoms with Gasteiger partial charge in [-0.1, -0.05) is 24.1 Å². The standard InChI is InChI=1S/C16H23NO2/c1-12-4-5-15(19-2)13(8-12)9-14(18)10-16(11-17)6-3-7-16/h4-5,8H,3,6-7,9-11,17H2,1-2H3. The minimum Gasteiger partial charge on any atom is -0.496 e. The smallest absolute Gasteiger partial charge is 0.138 e. The van der Waals surface area contributed by atoms with Crippen LogP contribution in [0.4, 0.5) is 0 Å². The SMILES string of the molecule is COc1ccc(C)cc1CC(=O)CC1(CN)CCC1. The Balaban J connectivity index is 2.04. The molecule has 0 aromatic heterocycles. The van der Waals surface area contributed by atoms with Crippen LogP contribution in [0.1, 0.15) is 36.8 Å². The highest BCUT2D eigenvalue weighted by molar-refractivity contribution is 5.82. The summed E-state index contributed by atoms with van der Waals surface area (Å²) in [5.41, 5.74) is 8.04. The van der Waals surface area contributed by atoms with Gasteiger partial charge in [0.25, 0.3) is 0 Å². The lowest BCUT2D eigenvalue weighted by Gasteiger charge is -2.40. The van der Waals surface area contributed by atoms with Gasteiger partial charge in [0, 0.05) is 18.4 Å². The third kappa shape index (κ3) is 3.16.